The van der Waals surface area contributed by atoms with Crippen LogP contribution in [-0.2, 0) is 30.9 Å². The van der Waals surface area contributed by atoms with Crippen molar-refractivity contribution in [1.82, 2.24) is 38.2 Å². The quantitative estimate of drug-likeness (QED) is 0.235. The maximum absolute atomic E-state index is 13.4. The average Bonchev–Trinajstić information content (AvgIpc) is 3.65. The molecular formula is C36H46N8O5. The number of imidazole rings is 2. The van der Waals surface area contributed by atoms with Crippen LogP contribution in [0.4, 0.5) is 0 Å². The summed E-state index contributed by atoms with van der Waals surface area (Å²) in [5.41, 5.74) is 0.829. The zero-order chi connectivity index (χ0) is 33.6. The van der Waals surface area contributed by atoms with E-state index in [2.05, 4.69) is 9.97 Å². The molecule has 4 heterocycles. The Morgan fingerprint density at radius 2 is 0.959 bits per heavy atom. The lowest BCUT2D eigenvalue weighted by Crippen LogP contribution is -2.40. The highest BCUT2D eigenvalue weighted by molar-refractivity contribution is 5.71. The lowest BCUT2D eigenvalue weighted by molar-refractivity contribution is -0.0524. The number of aromatic nitrogens is 8. The van der Waals surface area contributed by atoms with Gasteiger partial charge in [0.05, 0.1) is 12.2 Å². The van der Waals surface area contributed by atoms with Gasteiger partial charge in [0.1, 0.15) is 22.7 Å². The Bertz CT molecular complexity index is 2110. The molecule has 260 valence electrons. The third-order valence-electron chi connectivity index (χ3n) is 13.5. The van der Waals surface area contributed by atoms with E-state index >= 15 is 0 Å². The van der Waals surface area contributed by atoms with E-state index < -0.39 is 0 Å². The normalized spacial score (nSPS) is 35.8. The van der Waals surface area contributed by atoms with Crippen molar-refractivity contribution < 1.29 is 4.74 Å². The predicted octanol–water partition coefficient (Wildman–Crippen LogP) is 3.14. The van der Waals surface area contributed by atoms with Crippen molar-refractivity contribution in [3.63, 3.8) is 0 Å². The maximum Gasteiger partial charge on any atom is 0.332 e. The van der Waals surface area contributed by atoms with E-state index in [1.807, 2.05) is 27.7 Å². The second-order valence-corrected chi connectivity index (χ2v) is 16.0. The largest absolute Gasteiger partial charge is 0.374 e. The Labute approximate surface area is 282 Å². The van der Waals surface area contributed by atoms with Crippen LogP contribution < -0.4 is 22.5 Å². The Morgan fingerprint density at radius 3 is 1.33 bits per heavy atom. The van der Waals surface area contributed by atoms with Gasteiger partial charge >= 0.3 is 11.4 Å². The highest BCUT2D eigenvalue weighted by Crippen LogP contribution is 2.80. The number of aromatic amines is 2. The smallest absolute Gasteiger partial charge is 0.332 e. The average molecular weight is 671 g/mol. The van der Waals surface area contributed by atoms with Crippen molar-refractivity contribution in [2.75, 3.05) is 0 Å². The van der Waals surface area contributed by atoms with Crippen LogP contribution in [0.2, 0.25) is 0 Å². The van der Waals surface area contributed by atoms with Gasteiger partial charge in [0.25, 0.3) is 11.1 Å². The number of nitrogens with one attached hydrogen (secondary N) is 2. The lowest BCUT2D eigenvalue weighted by Gasteiger charge is -2.27. The minimum Gasteiger partial charge on any atom is -0.374 e. The molecular weight excluding hydrogens is 624 g/mol. The summed E-state index contributed by atoms with van der Waals surface area (Å²) in [7, 11) is 0. The molecule has 8 fully saturated rings. The van der Waals surface area contributed by atoms with E-state index in [9.17, 15) is 19.2 Å². The van der Waals surface area contributed by atoms with Crippen LogP contribution in [0.3, 0.4) is 0 Å². The summed E-state index contributed by atoms with van der Waals surface area (Å²) in [6, 6.07) is 0. The van der Waals surface area contributed by atoms with Crippen molar-refractivity contribution in [3.8, 4) is 0 Å². The monoisotopic (exact) mass is 670 g/mol. The number of rotatable bonds is 12. The van der Waals surface area contributed by atoms with Gasteiger partial charge in [0.2, 0.25) is 0 Å². The van der Waals surface area contributed by atoms with Crippen LogP contribution >= 0.6 is 0 Å². The molecule has 0 aliphatic heterocycles. The first-order valence-corrected chi connectivity index (χ1v) is 18.9. The Balaban J connectivity index is 0.941. The van der Waals surface area contributed by atoms with Gasteiger partial charge in [-0.2, -0.15) is 0 Å². The minimum atomic E-state index is -0.267. The molecule has 49 heavy (non-hydrogen) atoms. The van der Waals surface area contributed by atoms with Gasteiger partial charge in [-0.15, -0.1) is 0 Å². The van der Waals surface area contributed by atoms with E-state index in [-0.39, 0.29) is 46.5 Å². The van der Waals surface area contributed by atoms with Crippen LogP contribution in [0.15, 0.2) is 19.2 Å². The third-order valence-corrected chi connectivity index (χ3v) is 13.5. The summed E-state index contributed by atoms with van der Waals surface area (Å²) in [6.45, 7) is 9.89. The van der Waals surface area contributed by atoms with Crippen molar-refractivity contribution in [3.05, 3.63) is 53.3 Å². The number of H-pyrrole nitrogens is 2. The Kier molecular flexibility index (Phi) is 6.39. The molecule has 0 radical (unpaired) electrons. The summed E-state index contributed by atoms with van der Waals surface area (Å²) in [6.07, 6.45) is 5.61. The number of hydrogen-bond acceptors (Lipinski definition) is 7. The predicted molar refractivity (Wildman–Crippen MR) is 182 cm³/mol. The van der Waals surface area contributed by atoms with E-state index in [1.165, 1.54) is 9.13 Å². The highest BCUT2D eigenvalue weighted by Gasteiger charge is 2.79. The number of fused-ring (bicyclic) bond motifs is 2. The summed E-state index contributed by atoms with van der Waals surface area (Å²) in [4.78, 5) is 70.3. The maximum atomic E-state index is 13.4. The SMILES string of the molecule is CCCn1c(=O)c2[nH]c(C3C4CC5C(C4OC4C6CC7C4C7C6c4nc6c([nH]4)c(=O)n(CCC)c(=O)n6CCC)C53)nc2n(CCC)c1=O. The molecule has 12 unspecified atom stereocenters. The van der Waals surface area contributed by atoms with Gasteiger partial charge in [-0.3, -0.25) is 27.9 Å². The topological polar surface area (TPSA) is 155 Å². The number of hydrogen-bond donors (Lipinski definition) is 2. The zero-order valence-electron chi connectivity index (χ0n) is 28.7. The first kappa shape index (κ1) is 30.1. The first-order valence-electron chi connectivity index (χ1n) is 18.9. The number of ether oxygens (including phenoxy) is 1. The second-order valence-electron chi connectivity index (χ2n) is 16.0. The summed E-state index contributed by atoms with van der Waals surface area (Å²) >= 11 is 0. The molecule has 8 aliphatic rings. The van der Waals surface area contributed by atoms with Gasteiger partial charge < -0.3 is 14.7 Å². The molecule has 0 aromatic carbocycles. The van der Waals surface area contributed by atoms with Gasteiger partial charge in [0.15, 0.2) is 11.3 Å². The second kappa shape index (κ2) is 10.4. The summed E-state index contributed by atoms with van der Waals surface area (Å²) < 4.78 is 13.3. The molecule has 13 nitrogen and oxygen atoms in total. The Hall–Kier alpha value is -3.74. The Morgan fingerprint density at radius 1 is 0.571 bits per heavy atom. The van der Waals surface area contributed by atoms with Crippen LogP contribution in [0, 0.1) is 47.3 Å². The summed E-state index contributed by atoms with van der Waals surface area (Å²) in [5, 5.41) is 0. The fraction of sp³-hybridized carbons (Fsp3) is 0.722. The summed E-state index contributed by atoms with van der Waals surface area (Å²) in [5.74, 6) is 6.19. The zero-order valence-corrected chi connectivity index (χ0v) is 28.7. The van der Waals surface area contributed by atoms with Crippen LogP contribution in [0.5, 0.6) is 0 Å². The molecule has 13 heteroatoms. The van der Waals surface area contributed by atoms with E-state index in [0.29, 0.717) is 109 Å². The molecule has 8 bridgehead atoms. The fourth-order valence-electron chi connectivity index (χ4n) is 11.9. The molecule has 8 saturated carbocycles. The van der Waals surface area contributed by atoms with Crippen LogP contribution in [0.1, 0.15) is 89.7 Å². The molecule has 0 saturated heterocycles. The molecule has 8 aliphatic carbocycles. The van der Waals surface area contributed by atoms with E-state index in [1.54, 1.807) is 9.13 Å². The van der Waals surface area contributed by atoms with Crippen molar-refractivity contribution in [2.24, 2.45) is 47.3 Å². The van der Waals surface area contributed by atoms with Gasteiger partial charge in [-0.05, 0) is 85.9 Å². The molecule has 0 amide bonds. The van der Waals surface area contributed by atoms with Gasteiger partial charge in [-0.1, -0.05) is 27.7 Å². The molecule has 12 atom stereocenters. The van der Waals surface area contributed by atoms with E-state index in [0.717, 1.165) is 37.3 Å². The number of aryl methyl sites for hydroxylation is 2. The van der Waals surface area contributed by atoms with Crippen LogP contribution in [0.25, 0.3) is 22.3 Å². The van der Waals surface area contributed by atoms with Crippen molar-refractivity contribution >= 4 is 22.3 Å². The highest BCUT2D eigenvalue weighted by atomic mass is 16.5. The first-order chi connectivity index (χ1) is 23.8. The van der Waals surface area contributed by atoms with Crippen molar-refractivity contribution in [2.45, 2.75) is 116 Å². The van der Waals surface area contributed by atoms with Gasteiger partial charge in [-0.25, -0.2) is 19.6 Å². The van der Waals surface area contributed by atoms with E-state index in [4.69, 9.17) is 14.7 Å². The standard InChI is InChI=1S/C36H46N8O5/c1-5-9-41-31-25(33(45)43(11-7-3)35(41)47)37-29(39-31)23-17-13-15-19(23)21(15)27(17)49-28-18-14-16-20(22(16)28)24(18)30-38-26-32(40-30)42(10-6-2)36(48)44(12-8-4)34(26)46/h15-24,27-28H,5-14H2,1-4H3,(H,37,39)(H,38,40). The number of nitrogens with zero attached hydrogens (tertiary/aromatic N) is 6. The molecule has 2 N–H and O–H groups in total. The van der Waals surface area contributed by atoms with Gasteiger partial charge in [0, 0.05) is 38.0 Å². The molecule has 4 aromatic rings. The molecule has 4 aromatic heterocycles. The molecule has 12 rings (SSSR count). The molecule has 0 spiro atoms. The van der Waals surface area contributed by atoms with Crippen molar-refractivity contribution in [1.29, 1.82) is 0 Å². The van der Waals surface area contributed by atoms with Crippen LogP contribution in [-0.4, -0.2) is 50.4 Å². The minimum absolute atomic E-state index is 0.181. The third kappa shape index (κ3) is 3.80. The lowest BCUT2D eigenvalue weighted by atomic mass is 9.94. The fourth-order valence-corrected chi connectivity index (χ4v) is 11.9.